The number of aromatic nitrogens is 2. The van der Waals surface area contributed by atoms with E-state index in [0.717, 1.165) is 5.52 Å². The standard InChI is InChI=1S/C25H14N2/c1-2-8-16-15(7-1)13-19-17-9-3-5-11-21(17)27-22-12-6-4-10-18(22)20-14-26-24(16)23(19)25(20)27/h1-14H. The monoisotopic (exact) mass is 342 g/mol. The Morgan fingerprint density at radius 3 is 2.00 bits per heavy atom. The highest BCUT2D eigenvalue weighted by Crippen LogP contribution is 2.42. The van der Waals surface area contributed by atoms with Gasteiger partial charge in [0.15, 0.2) is 0 Å². The molecule has 2 heteroatoms. The van der Waals surface area contributed by atoms with Crippen molar-refractivity contribution < 1.29 is 0 Å². The molecule has 0 aliphatic heterocycles. The van der Waals surface area contributed by atoms with Crippen molar-refractivity contribution >= 4 is 59.8 Å². The van der Waals surface area contributed by atoms with Crippen LogP contribution in [-0.4, -0.2) is 9.38 Å². The number of pyridine rings is 2. The average Bonchev–Trinajstić information content (AvgIpc) is 3.08. The summed E-state index contributed by atoms with van der Waals surface area (Å²) in [5.74, 6) is 0. The molecule has 0 radical (unpaired) electrons. The van der Waals surface area contributed by atoms with E-state index >= 15 is 0 Å². The van der Waals surface area contributed by atoms with Gasteiger partial charge in [0.2, 0.25) is 0 Å². The second-order valence-corrected chi connectivity index (χ2v) is 7.26. The Bertz CT molecular complexity index is 1670. The molecule has 7 rings (SSSR count). The van der Waals surface area contributed by atoms with Gasteiger partial charge in [0.05, 0.1) is 22.1 Å². The van der Waals surface area contributed by atoms with E-state index in [2.05, 4.69) is 89.5 Å². The van der Waals surface area contributed by atoms with E-state index in [1.165, 1.54) is 54.3 Å². The molecular weight excluding hydrogens is 328 g/mol. The van der Waals surface area contributed by atoms with E-state index in [-0.39, 0.29) is 0 Å². The molecule has 0 N–H and O–H groups in total. The molecule has 7 aromatic rings. The van der Waals surface area contributed by atoms with Gasteiger partial charge >= 0.3 is 0 Å². The Morgan fingerprint density at radius 2 is 1.22 bits per heavy atom. The maximum Gasteiger partial charge on any atom is 0.0808 e. The van der Waals surface area contributed by atoms with Gasteiger partial charge in [0, 0.05) is 33.1 Å². The molecule has 27 heavy (non-hydrogen) atoms. The van der Waals surface area contributed by atoms with Crippen LogP contribution in [0.15, 0.2) is 85.1 Å². The Hall–Kier alpha value is -3.65. The molecule has 0 saturated carbocycles. The number of para-hydroxylation sites is 2. The molecule has 3 heterocycles. The molecule has 0 fully saturated rings. The summed E-state index contributed by atoms with van der Waals surface area (Å²) in [6.07, 6.45) is 2.06. The van der Waals surface area contributed by atoms with Crippen LogP contribution in [0.4, 0.5) is 0 Å². The summed E-state index contributed by atoms with van der Waals surface area (Å²) in [4.78, 5) is 4.96. The fourth-order valence-corrected chi connectivity index (χ4v) is 4.83. The summed E-state index contributed by atoms with van der Waals surface area (Å²) in [6.45, 7) is 0. The van der Waals surface area contributed by atoms with Crippen LogP contribution in [0.3, 0.4) is 0 Å². The second-order valence-electron chi connectivity index (χ2n) is 7.26. The SMILES string of the molecule is c1ccc2c(c1)cc1c3ccccc3n3c4ccccc4c4cnc2c1c43. The van der Waals surface area contributed by atoms with E-state index in [1.807, 2.05) is 0 Å². The maximum absolute atomic E-state index is 4.96. The zero-order valence-electron chi connectivity index (χ0n) is 14.5. The molecule has 4 aromatic carbocycles. The first-order valence-electron chi connectivity index (χ1n) is 9.25. The highest BCUT2D eigenvalue weighted by atomic mass is 14.9. The van der Waals surface area contributed by atoms with Crippen molar-refractivity contribution in [2.24, 2.45) is 0 Å². The molecule has 3 aromatic heterocycles. The molecule has 0 unspecified atom stereocenters. The molecule has 0 aliphatic rings. The predicted molar refractivity (Wildman–Crippen MR) is 114 cm³/mol. The van der Waals surface area contributed by atoms with E-state index < -0.39 is 0 Å². The first-order valence-corrected chi connectivity index (χ1v) is 9.25. The highest BCUT2D eigenvalue weighted by molar-refractivity contribution is 6.31. The normalized spacial score (nSPS) is 12.4. The minimum absolute atomic E-state index is 1.09. The number of hydrogen-bond donors (Lipinski definition) is 0. The molecule has 0 bridgehead atoms. The maximum atomic E-state index is 4.96. The molecular formula is C25H14N2. The van der Waals surface area contributed by atoms with Crippen LogP contribution in [0, 0.1) is 0 Å². The van der Waals surface area contributed by atoms with E-state index in [9.17, 15) is 0 Å². The first-order chi connectivity index (χ1) is 13.4. The summed E-state index contributed by atoms with van der Waals surface area (Å²) in [5.41, 5.74) is 4.86. The summed E-state index contributed by atoms with van der Waals surface area (Å²) in [7, 11) is 0. The fraction of sp³-hybridized carbons (Fsp3) is 0. The third kappa shape index (κ3) is 1.51. The van der Waals surface area contributed by atoms with Crippen LogP contribution < -0.4 is 0 Å². The molecule has 124 valence electrons. The summed E-state index contributed by atoms with van der Waals surface area (Å²) < 4.78 is 2.42. The van der Waals surface area contributed by atoms with Crippen molar-refractivity contribution in [2.45, 2.75) is 0 Å². The minimum Gasteiger partial charge on any atom is -0.308 e. The van der Waals surface area contributed by atoms with E-state index in [4.69, 9.17) is 4.98 Å². The van der Waals surface area contributed by atoms with Gasteiger partial charge in [-0.1, -0.05) is 60.7 Å². The van der Waals surface area contributed by atoms with Crippen LogP contribution in [0.5, 0.6) is 0 Å². The van der Waals surface area contributed by atoms with Gasteiger partial charge in [-0.05, 0) is 29.0 Å². The highest BCUT2D eigenvalue weighted by Gasteiger charge is 2.19. The molecule has 0 aliphatic carbocycles. The Kier molecular flexibility index (Phi) is 2.28. The largest absolute Gasteiger partial charge is 0.308 e. The zero-order chi connectivity index (χ0) is 17.5. The lowest BCUT2D eigenvalue weighted by Crippen LogP contribution is -1.94. The molecule has 0 spiro atoms. The summed E-state index contributed by atoms with van der Waals surface area (Å²) in [6, 6.07) is 28.3. The van der Waals surface area contributed by atoms with Crippen molar-refractivity contribution in [2.75, 3.05) is 0 Å². The van der Waals surface area contributed by atoms with E-state index in [0.29, 0.717) is 0 Å². The third-order valence-corrected chi connectivity index (χ3v) is 5.93. The van der Waals surface area contributed by atoms with Crippen LogP contribution in [-0.2, 0) is 0 Å². The number of rotatable bonds is 0. The Labute approximate surface area is 154 Å². The van der Waals surface area contributed by atoms with Crippen molar-refractivity contribution in [1.29, 1.82) is 0 Å². The third-order valence-electron chi connectivity index (χ3n) is 5.93. The lowest BCUT2D eigenvalue weighted by Gasteiger charge is -2.14. The quantitative estimate of drug-likeness (QED) is 0.226. The predicted octanol–water partition coefficient (Wildman–Crippen LogP) is 6.54. The van der Waals surface area contributed by atoms with Crippen LogP contribution in [0.2, 0.25) is 0 Å². The van der Waals surface area contributed by atoms with Crippen LogP contribution in [0.1, 0.15) is 0 Å². The molecule has 0 amide bonds. The fourth-order valence-electron chi connectivity index (χ4n) is 4.83. The lowest BCUT2D eigenvalue weighted by atomic mass is 9.97. The molecule has 0 saturated heterocycles. The average molecular weight is 342 g/mol. The zero-order valence-corrected chi connectivity index (χ0v) is 14.5. The first kappa shape index (κ1) is 13.5. The van der Waals surface area contributed by atoms with Gasteiger partial charge in [0.1, 0.15) is 0 Å². The van der Waals surface area contributed by atoms with E-state index in [1.54, 1.807) is 0 Å². The Morgan fingerprint density at radius 1 is 0.593 bits per heavy atom. The van der Waals surface area contributed by atoms with Gasteiger partial charge in [-0.2, -0.15) is 0 Å². The number of nitrogens with zero attached hydrogens (tertiary/aromatic N) is 2. The second kappa shape index (κ2) is 4.54. The molecule has 0 atom stereocenters. The van der Waals surface area contributed by atoms with Gasteiger partial charge < -0.3 is 4.40 Å². The van der Waals surface area contributed by atoms with Gasteiger partial charge in [-0.15, -0.1) is 0 Å². The summed E-state index contributed by atoms with van der Waals surface area (Å²) >= 11 is 0. The Balaban J connectivity index is 1.99. The molecule has 2 nitrogen and oxygen atoms in total. The lowest BCUT2D eigenvalue weighted by molar-refractivity contribution is 1.34. The van der Waals surface area contributed by atoms with Crippen LogP contribution >= 0.6 is 0 Å². The van der Waals surface area contributed by atoms with Crippen molar-refractivity contribution in [3.8, 4) is 0 Å². The van der Waals surface area contributed by atoms with Crippen molar-refractivity contribution in [1.82, 2.24) is 9.38 Å². The van der Waals surface area contributed by atoms with Gasteiger partial charge in [0.25, 0.3) is 0 Å². The van der Waals surface area contributed by atoms with Crippen molar-refractivity contribution in [3.63, 3.8) is 0 Å². The smallest absolute Gasteiger partial charge is 0.0808 e. The minimum atomic E-state index is 1.09. The number of fused-ring (bicyclic) bond motifs is 8. The van der Waals surface area contributed by atoms with Crippen LogP contribution in [0.25, 0.3) is 59.8 Å². The topological polar surface area (TPSA) is 17.3 Å². The van der Waals surface area contributed by atoms with Gasteiger partial charge in [-0.25, -0.2) is 0 Å². The van der Waals surface area contributed by atoms with Gasteiger partial charge in [-0.3, -0.25) is 4.98 Å². The summed E-state index contributed by atoms with van der Waals surface area (Å²) in [5, 5.41) is 8.77. The van der Waals surface area contributed by atoms with Crippen molar-refractivity contribution in [3.05, 3.63) is 85.1 Å². The number of benzene rings is 4. The number of hydrogen-bond acceptors (Lipinski definition) is 1.